The first kappa shape index (κ1) is 18.8. The zero-order valence-electron chi connectivity index (χ0n) is 13.4. The van der Waals surface area contributed by atoms with E-state index in [0.717, 1.165) is 11.8 Å². The maximum Gasteiger partial charge on any atom is 0.417 e. The van der Waals surface area contributed by atoms with E-state index in [1.165, 1.54) is 4.90 Å². The molecule has 3 rings (SSSR count). The maximum absolute atomic E-state index is 12.7. The minimum atomic E-state index is -4.55. The van der Waals surface area contributed by atoms with Gasteiger partial charge in [-0.1, -0.05) is 23.2 Å². The Hall–Kier alpha value is -1.99. The van der Waals surface area contributed by atoms with Gasteiger partial charge in [-0.25, -0.2) is 4.98 Å². The predicted octanol–water partition coefficient (Wildman–Crippen LogP) is 4.37. The highest BCUT2D eigenvalue weighted by Crippen LogP contribution is 2.31. The molecule has 1 aromatic carbocycles. The first-order valence-electron chi connectivity index (χ1n) is 7.78. The SMILES string of the molecule is O=C(c1ncc(C(F)(F)F)cc1Cl)N1CCN(c2ccc(Cl)cc2)CC1. The van der Waals surface area contributed by atoms with Crippen molar-refractivity contribution < 1.29 is 18.0 Å². The van der Waals surface area contributed by atoms with Crippen LogP contribution in [0.1, 0.15) is 16.1 Å². The molecule has 0 atom stereocenters. The van der Waals surface area contributed by atoms with Crippen LogP contribution >= 0.6 is 23.2 Å². The lowest BCUT2D eigenvalue weighted by atomic mass is 10.2. The second kappa shape index (κ2) is 7.32. The first-order chi connectivity index (χ1) is 12.3. The second-order valence-corrected chi connectivity index (χ2v) is 6.65. The van der Waals surface area contributed by atoms with Crippen molar-refractivity contribution in [2.45, 2.75) is 6.18 Å². The Kier molecular flexibility index (Phi) is 5.29. The Bertz CT molecular complexity index is 804. The van der Waals surface area contributed by atoms with Gasteiger partial charge in [-0.3, -0.25) is 4.79 Å². The number of hydrogen-bond acceptors (Lipinski definition) is 3. The van der Waals surface area contributed by atoms with E-state index < -0.39 is 17.6 Å². The van der Waals surface area contributed by atoms with E-state index in [9.17, 15) is 18.0 Å². The van der Waals surface area contributed by atoms with Gasteiger partial charge in [-0.2, -0.15) is 13.2 Å². The summed E-state index contributed by atoms with van der Waals surface area (Å²) in [4.78, 5) is 19.8. The average Bonchev–Trinajstić information content (AvgIpc) is 2.61. The topological polar surface area (TPSA) is 36.4 Å². The summed E-state index contributed by atoms with van der Waals surface area (Å²) in [5.41, 5.74) is -0.154. The van der Waals surface area contributed by atoms with Gasteiger partial charge >= 0.3 is 6.18 Å². The molecule has 1 amide bonds. The number of anilines is 1. The third-order valence-electron chi connectivity index (χ3n) is 4.13. The predicted molar refractivity (Wildman–Crippen MR) is 93.8 cm³/mol. The van der Waals surface area contributed by atoms with Gasteiger partial charge in [0.1, 0.15) is 5.69 Å². The van der Waals surface area contributed by atoms with E-state index in [1.54, 1.807) is 12.1 Å². The number of halogens is 5. The summed E-state index contributed by atoms with van der Waals surface area (Å²) >= 11 is 11.7. The number of rotatable bonds is 2. The molecule has 4 nitrogen and oxygen atoms in total. The summed E-state index contributed by atoms with van der Waals surface area (Å²) in [6.45, 7) is 2.01. The molecule has 1 saturated heterocycles. The standard InChI is InChI=1S/C17H14Cl2F3N3O/c18-12-1-3-13(4-2-12)24-5-7-25(8-6-24)16(26)15-14(19)9-11(10-23-15)17(20,21)22/h1-4,9-10H,5-8H2. The summed E-state index contributed by atoms with van der Waals surface area (Å²) in [5, 5.41) is 0.343. The van der Waals surface area contributed by atoms with E-state index in [2.05, 4.69) is 9.88 Å². The van der Waals surface area contributed by atoms with Crippen molar-refractivity contribution in [3.63, 3.8) is 0 Å². The molecule has 2 heterocycles. The molecule has 138 valence electrons. The number of benzene rings is 1. The Morgan fingerprint density at radius 1 is 1.04 bits per heavy atom. The lowest BCUT2D eigenvalue weighted by Gasteiger charge is -2.36. The van der Waals surface area contributed by atoms with Gasteiger partial charge in [0, 0.05) is 43.1 Å². The monoisotopic (exact) mass is 403 g/mol. The third-order valence-corrected chi connectivity index (χ3v) is 4.67. The first-order valence-corrected chi connectivity index (χ1v) is 8.54. The van der Waals surface area contributed by atoms with Gasteiger partial charge in [-0.05, 0) is 30.3 Å². The highest BCUT2D eigenvalue weighted by Gasteiger charge is 2.33. The number of carbonyl (C=O) groups is 1. The molecule has 2 aromatic rings. The van der Waals surface area contributed by atoms with Crippen LogP contribution in [-0.4, -0.2) is 42.0 Å². The molecule has 0 aliphatic carbocycles. The number of piperazine rings is 1. The summed E-state index contributed by atoms with van der Waals surface area (Å²) in [6.07, 6.45) is -3.93. The minimum Gasteiger partial charge on any atom is -0.368 e. The lowest BCUT2D eigenvalue weighted by Crippen LogP contribution is -2.49. The summed E-state index contributed by atoms with van der Waals surface area (Å²) in [5.74, 6) is -0.473. The molecule has 0 unspecified atom stereocenters. The van der Waals surface area contributed by atoms with Crippen molar-refractivity contribution in [3.8, 4) is 0 Å². The second-order valence-electron chi connectivity index (χ2n) is 5.81. The van der Waals surface area contributed by atoms with E-state index >= 15 is 0 Å². The highest BCUT2D eigenvalue weighted by molar-refractivity contribution is 6.33. The largest absolute Gasteiger partial charge is 0.417 e. The van der Waals surface area contributed by atoms with E-state index in [4.69, 9.17) is 23.2 Å². The quantitative estimate of drug-likeness (QED) is 0.746. The lowest BCUT2D eigenvalue weighted by molar-refractivity contribution is -0.137. The molecular formula is C17H14Cl2F3N3O. The molecule has 0 radical (unpaired) electrons. The van der Waals surface area contributed by atoms with Crippen molar-refractivity contribution in [1.82, 2.24) is 9.88 Å². The van der Waals surface area contributed by atoms with Gasteiger partial charge in [0.05, 0.1) is 10.6 Å². The number of aromatic nitrogens is 1. The van der Waals surface area contributed by atoms with Crippen LogP contribution < -0.4 is 4.90 Å². The average molecular weight is 404 g/mol. The molecule has 1 fully saturated rings. The van der Waals surface area contributed by atoms with Crippen LogP contribution in [0.3, 0.4) is 0 Å². The fourth-order valence-corrected chi connectivity index (χ4v) is 3.09. The number of nitrogens with zero attached hydrogens (tertiary/aromatic N) is 3. The van der Waals surface area contributed by atoms with Crippen molar-refractivity contribution in [3.05, 3.63) is 57.8 Å². The Balaban J connectivity index is 1.68. The Morgan fingerprint density at radius 2 is 1.65 bits per heavy atom. The number of carbonyl (C=O) groups excluding carboxylic acids is 1. The van der Waals surface area contributed by atoms with Crippen molar-refractivity contribution in [2.24, 2.45) is 0 Å². The van der Waals surface area contributed by atoms with E-state index in [0.29, 0.717) is 37.4 Å². The highest BCUT2D eigenvalue weighted by atomic mass is 35.5. The molecule has 0 N–H and O–H groups in total. The molecule has 0 bridgehead atoms. The number of pyridine rings is 1. The zero-order chi connectivity index (χ0) is 18.9. The van der Waals surface area contributed by atoms with Crippen LogP contribution in [0.15, 0.2) is 36.5 Å². The molecular weight excluding hydrogens is 390 g/mol. The third kappa shape index (κ3) is 4.04. The van der Waals surface area contributed by atoms with E-state index in [1.807, 2.05) is 12.1 Å². The Morgan fingerprint density at radius 3 is 2.19 bits per heavy atom. The minimum absolute atomic E-state index is 0.167. The number of amides is 1. The smallest absolute Gasteiger partial charge is 0.368 e. The number of hydrogen-bond donors (Lipinski definition) is 0. The molecule has 0 saturated carbocycles. The summed E-state index contributed by atoms with van der Waals surface area (Å²) in [7, 11) is 0. The fraction of sp³-hybridized carbons (Fsp3) is 0.294. The molecule has 9 heteroatoms. The van der Waals surface area contributed by atoms with Crippen LogP contribution in [0.4, 0.5) is 18.9 Å². The normalized spacial score (nSPS) is 15.3. The van der Waals surface area contributed by atoms with Gasteiger partial charge in [-0.15, -0.1) is 0 Å². The fourth-order valence-electron chi connectivity index (χ4n) is 2.72. The molecule has 0 spiro atoms. The molecule has 26 heavy (non-hydrogen) atoms. The van der Waals surface area contributed by atoms with Crippen LogP contribution in [-0.2, 0) is 6.18 Å². The number of alkyl halides is 3. The summed E-state index contributed by atoms with van der Waals surface area (Å²) in [6, 6.07) is 8.11. The van der Waals surface area contributed by atoms with Crippen molar-refractivity contribution >= 4 is 34.8 Å². The Labute approximate surface area is 158 Å². The van der Waals surface area contributed by atoms with Gasteiger partial charge in [0.25, 0.3) is 5.91 Å². The zero-order valence-corrected chi connectivity index (χ0v) is 14.9. The molecule has 1 aliphatic rings. The van der Waals surface area contributed by atoms with Crippen molar-refractivity contribution in [1.29, 1.82) is 0 Å². The molecule has 1 aliphatic heterocycles. The molecule has 1 aromatic heterocycles. The van der Waals surface area contributed by atoms with Crippen LogP contribution in [0, 0.1) is 0 Å². The van der Waals surface area contributed by atoms with Gasteiger partial charge < -0.3 is 9.80 Å². The van der Waals surface area contributed by atoms with Gasteiger partial charge in [0.15, 0.2) is 0 Å². The van der Waals surface area contributed by atoms with Crippen LogP contribution in [0.5, 0.6) is 0 Å². The van der Waals surface area contributed by atoms with Crippen LogP contribution in [0.25, 0.3) is 0 Å². The van der Waals surface area contributed by atoms with Crippen LogP contribution in [0.2, 0.25) is 10.0 Å². The van der Waals surface area contributed by atoms with Gasteiger partial charge in [0.2, 0.25) is 0 Å². The van der Waals surface area contributed by atoms with Crippen molar-refractivity contribution in [2.75, 3.05) is 31.1 Å². The maximum atomic E-state index is 12.7. The summed E-state index contributed by atoms with van der Waals surface area (Å²) < 4.78 is 38.0. The van der Waals surface area contributed by atoms with E-state index in [-0.39, 0.29) is 10.7 Å².